The number of rotatable bonds is 2. The van der Waals surface area contributed by atoms with Gasteiger partial charge in [-0.15, -0.1) is 0 Å². The molecule has 5 heteroatoms. The molecule has 0 spiro atoms. The van der Waals surface area contributed by atoms with Crippen LogP contribution < -0.4 is 5.73 Å². The predicted octanol–water partition coefficient (Wildman–Crippen LogP) is 4.15. The molecule has 0 saturated heterocycles. The summed E-state index contributed by atoms with van der Waals surface area (Å²) in [4.78, 5) is 1.12. The largest absolute Gasteiger partial charge is 0.398 e. The summed E-state index contributed by atoms with van der Waals surface area (Å²) in [5.41, 5.74) is 6.40. The zero-order valence-corrected chi connectivity index (χ0v) is 10.3. The molecule has 0 bridgehead atoms. The lowest BCUT2D eigenvalue weighted by atomic mass is 10.2. The van der Waals surface area contributed by atoms with Crippen LogP contribution in [0, 0.1) is 24.4 Å². The Bertz CT molecular complexity index is 599. The fourth-order valence-corrected chi connectivity index (χ4v) is 2.39. The number of anilines is 1. The van der Waals surface area contributed by atoms with E-state index in [1.807, 2.05) is 0 Å². The molecule has 2 rings (SSSR count). The first-order valence-corrected chi connectivity index (χ1v) is 5.97. The molecule has 0 heterocycles. The van der Waals surface area contributed by atoms with Gasteiger partial charge >= 0.3 is 0 Å². The highest BCUT2D eigenvalue weighted by Crippen LogP contribution is 2.34. The van der Waals surface area contributed by atoms with Gasteiger partial charge in [-0.25, -0.2) is 13.2 Å². The lowest BCUT2D eigenvalue weighted by Crippen LogP contribution is -1.93. The van der Waals surface area contributed by atoms with E-state index in [-0.39, 0.29) is 11.5 Å². The van der Waals surface area contributed by atoms with Crippen molar-refractivity contribution in [2.45, 2.75) is 16.7 Å². The Labute approximate surface area is 107 Å². The summed E-state index contributed by atoms with van der Waals surface area (Å²) < 4.78 is 39.0. The van der Waals surface area contributed by atoms with Gasteiger partial charge in [0.25, 0.3) is 0 Å². The quantitative estimate of drug-likeness (QED) is 0.829. The third-order valence-corrected chi connectivity index (χ3v) is 3.47. The number of hydrogen-bond donors (Lipinski definition) is 1. The fraction of sp³-hybridized carbons (Fsp3) is 0.0769. The second kappa shape index (κ2) is 4.94. The Balaban J connectivity index is 2.34. The maximum absolute atomic E-state index is 13.2. The van der Waals surface area contributed by atoms with Crippen LogP contribution in [-0.2, 0) is 0 Å². The van der Waals surface area contributed by atoms with E-state index in [1.54, 1.807) is 13.0 Å². The monoisotopic (exact) mass is 269 g/mol. The molecular weight excluding hydrogens is 259 g/mol. The highest BCUT2D eigenvalue weighted by atomic mass is 32.2. The third kappa shape index (κ3) is 2.61. The SMILES string of the molecule is Cc1cc(Sc2ccc(F)c(F)c2)c(N)cc1F. The van der Waals surface area contributed by atoms with E-state index >= 15 is 0 Å². The number of nitrogen functional groups attached to an aromatic ring is 1. The Hall–Kier alpha value is -1.62. The van der Waals surface area contributed by atoms with Gasteiger partial charge in [0.15, 0.2) is 11.6 Å². The molecule has 0 radical (unpaired) electrons. The molecule has 0 aliphatic carbocycles. The minimum Gasteiger partial charge on any atom is -0.398 e. The minimum absolute atomic E-state index is 0.271. The average Bonchev–Trinajstić information content (AvgIpc) is 2.31. The second-order valence-electron chi connectivity index (χ2n) is 3.82. The van der Waals surface area contributed by atoms with Crippen LogP contribution in [0.4, 0.5) is 18.9 Å². The molecule has 0 fully saturated rings. The smallest absolute Gasteiger partial charge is 0.159 e. The summed E-state index contributed by atoms with van der Waals surface area (Å²) >= 11 is 1.16. The van der Waals surface area contributed by atoms with Gasteiger partial charge in [0, 0.05) is 15.5 Å². The summed E-state index contributed by atoms with van der Waals surface area (Å²) in [5.74, 6) is -2.21. The summed E-state index contributed by atoms with van der Waals surface area (Å²) in [6.07, 6.45) is 0. The molecular formula is C13H10F3NS. The van der Waals surface area contributed by atoms with Crippen LogP contribution >= 0.6 is 11.8 Å². The van der Waals surface area contributed by atoms with Crippen LogP contribution in [0.25, 0.3) is 0 Å². The molecule has 18 heavy (non-hydrogen) atoms. The van der Waals surface area contributed by atoms with Gasteiger partial charge in [0.1, 0.15) is 5.82 Å². The van der Waals surface area contributed by atoms with E-state index in [0.717, 1.165) is 23.9 Å². The van der Waals surface area contributed by atoms with Crippen molar-refractivity contribution in [3.8, 4) is 0 Å². The molecule has 0 saturated carbocycles. The van der Waals surface area contributed by atoms with Gasteiger partial charge in [-0.1, -0.05) is 11.8 Å². The normalized spacial score (nSPS) is 10.7. The van der Waals surface area contributed by atoms with Gasteiger partial charge in [-0.3, -0.25) is 0 Å². The first kappa shape index (κ1) is 12.8. The molecule has 94 valence electrons. The number of halogens is 3. The van der Waals surface area contributed by atoms with Gasteiger partial charge in [-0.05, 0) is 42.8 Å². The zero-order chi connectivity index (χ0) is 13.3. The first-order chi connectivity index (χ1) is 8.47. The van der Waals surface area contributed by atoms with Crippen molar-refractivity contribution < 1.29 is 13.2 Å². The molecule has 0 aliphatic rings. The molecule has 0 aromatic heterocycles. The summed E-state index contributed by atoms with van der Waals surface area (Å²) in [5, 5.41) is 0. The van der Waals surface area contributed by atoms with E-state index in [2.05, 4.69) is 0 Å². The van der Waals surface area contributed by atoms with Gasteiger partial charge in [0.05, 0.1) is 0 Å². The molecule has 0 aliphatic heterocycles. The Morgan fingerprint density at radius 3 is 2.33 bits per heavy atom. The fourth-order valence-electron chi connectivity index (χ4n) is 1.43. The molecule has 1 nitrogen and oxygen atoms in total. The van der Waals surface area contributed by atoms with E-state index < -0.39 is 11.6 Å². The molecule has 2 aromatic rings. The number of nitrogens with two attached hydrogens (primary N) is 1. The van der Waals surface area contributed by atoms with Gasteiger partial charge in [-0.2, -0.15) is 0 Å². The van der Waals surface area contributed by atoms with Crippen LogP contribution in [-0.4, -0.2) is 0 Å². The minimum atomic E-state index is -0.919. The standard InChI is InChI=1S/C13H10F3NS/c1-7-4-13(12(17)6-10(7)15)18-8-2-3-9(14)11(16)5-8/h2-6H,17H2,1H3. The van der Waals surface area contributed by atoms with Crippen LogP contribution in [0.2, 0.25) is 0 Å². The second-order valence-corrected chi connectivity index (χ2v) is 4.93. The van der Waals surface area contributed by atoms with Gasteiger partial charge in [0.2, 0.25) is 0 Å². The van der Waals surface area contributed by atoms with E-state index in [0.29, 0.717) is 15.4 Å². The maximum Gasteiger partial charge on any atom is 0.159 e. The lowest BCUT2D eigenvalue weighted by molar-refractivity contribution is 0.506. The molecule has 2 N–H and O–H groups in total. The number of hydrogen-bond acceptors (Lipinski definition) is 2. The van der Waals surface area contributed by atoms with Crippen molar-refractivity contribution in [3.63, 3.8) is 0 Å². The van der Waals surface area contributed by atoms with Crippen LogP contribution in [0.3, 0.4) is 0 Å². The van der Waals surface area contributed by atoms with E-state index in [1.165, 1.54) is 12.1 Å². The predicted molar refractivity (Wildman–Crippen MR) is 66.0 cm³/mol. The Morgan fingerprint density at radius 1 is 0.944 bits per heavy atom. The molecule has 0 unspecified atom stereocenters. The summed E-state index contributed by atoms with van der Waals surface area (Å²) in [6, 6.07) is 6.37. The highest BCUT2D eigenvalue weighted by molar-refractivity contribution is 7.99. The average molecular weight is 269 g/mol. The van der Waals surface area contributed by atoms with E-state index in [9.17, 15) is 13.2 Å². The van der Waals surface area contributed by atoms with Crippen molar-refractivity contribution >= 4 is 17.4 Å². The summed E-state index contributed by atoms with van der Waals surface area (Å²) in [6.45, 7) is 1.62. The first-order valence-electron chi connectivity index (χ1n) is 5.16. The van der Waals surface area contributed by atoms with Crippen molar-refractivity contribution in [2.75, 3.05) is 5.73 Å². The topological polar surface area (TPSA) is 26.0 Å². The van der Waals surface area contributed by atoms with Crippen molar-refractivity contribution in [3.05, 3.63) is 53.3 Å². The number of aryl methyl sites for hydroxylation is 1. The van der Waals surface area contributed by atoms with Crippen LogP contribution in [0.5, 0.6) is 0 Å². The Kier molecular flexibility index (Phi) is 3.52. The number of benzene rings is 2. The van der Waals surface area contributed by atoms with Crippen molar-refractivity contribution in [1.29, 1.82) is 0 Å². The summed E-state index contributed by atoms with van der Waals surface area (Å²) in [7, 11) is 0. The van der Waals surface area contributed by atoms with Crippen LogP contribution in [0.15, 0.2) is 40.1 Å². The molecule has 0 atom stereocenters. The zero-order valence-electron chi connectivity index (χ0n) is 9.51. The Morgan fingerprint density at radius 2 is 1.67 bits per heavy atom. The van der Waals surface area contributed by atoms with Crippen LogP contribution in [0.1, 0.15) is 5.56 Å². The van der Waals surface area contributed by atoms with E-state index in [4.69, 9.17) is 5.73 Å². The third-order valence-electron chi connectivity index (χ3n) is 2.41. The molecule has 2 aromatic carbocycles. The van der Waals surface area contributed by atoms with Crippen molar-refractivity contribution in [2.24, 2.45) is 0 Å². The molecule has 0 amide bonds. The van der Waals surface area contributed by atoms with Gasteiger partial charge < -0.3 is 5.73 Å². The lowest BCUT2D eigenvalue weighted by Gasteiger charge is -2.07. The van der Waals surface area contributed by atoms with Crippen molar-refractivity contribution in [1.82, 2.24) is 0 Å². The highest BCUT2D eigenvalue weighted by Gasteiger charge is 2.08. The maximum atomic E-state index is 13.2.